The van der Waals surface area contributed by atoms with Crippen molar-refractivity contribution in [1.29, 1.82) is 0 Å². The third-order valence-corrected chi connectivity index (χ3v) is 4.71. The van der Waals surface area contributed by atoms with Crippen LogP contribution in [0.1, 0.15) is 25.2 Å². The molecule has 0 saturated carbocycles. The number of nitrogens with two attached hydrogens (primary N) is 1. The highest BCUT2D eigenvalue weighted by atomic mass is 32.2. The number of hydrogen-bond acceptors (Lipinski definition) is 4. The molecule has 0 amide bonds. The van der Waals surface area contributed by atoms with Crippen LogP contribution in [0.4, 0.5) is 0 Å². The predicted molar refractivity (Wildman–Crippen MR) is 68.6 cm³/mol. The van der Waals surface area contributed by atoms with Gasteiger partial charge in [0.05, 0.1) is 10.9 Å². The van der Waals surface area contributed by atoms with Crippen molar-refractivity contribution in [2.45, 2.75) is 45.0 Å². The third-order valence-electron chi connectivity index (χ3n) is 3.01. The number of nitrogens with zero attached hydrogens (tertiary/aromatic N) is 2. The molecular weight excluding hydrogens is 238 g/mol. The molecule has 2 unspecified atom stereocenters. The maximum Gasteiger partial charge on any atom is 0.151 e. The maximum absolute atomic E-state index is 11.4. The smallest absolute Gasteiger partial charge is 0.151 e. The Morgan fingerprint density at radius 2 is 2.12 bits per heavy atom. The van der Waals surface area contributed by atoms with Crippen molar-refractivity contribution in [1.82, 2.24) is 9.78 Å². The number of hydrogen-bond donors (Lipinski definition) is 1. The zero-order chi connectivity index (χ0) is 13.2. The van der Waals surface area contributed by atoms with E-state index in [1.165, 1.54) is 6.26 Å². The number of aryl methyl sites for hydroxylation is 2. The number of rotatable bonds is 5. The van der Waals surface area contributed by atoms with E-state index in [1.807, 2.05) is 24.6 Å². The van der Waals surface area contributed by atoms with Gasteiger partial charge in [-0.15, -0.1) is 0 Å². The first-order chi connectivity index (χ1) is 7.75. The van der Waals surface area contributed by atoms with Gasteiger partial charge in [0.15, 0.2) is 9.84 Å². The lowest BCUT2D eigenvalue weighted by Crippen LogP contribution is -2.40. The first kappa shape index (κ1) is 14.2. The molecule has 0 aliphatic heterocycles. The van der Waals surface area contributed by atoms with E-state index in [2.05, 4.69) is 5.10 Å². The first-order valence-electron chi connectivity index (χ1n) is 5.73. The highest BCUT2D eigenvalue weighted by Crippen LogP contribution is 2.11. The van der Waals surface area contributed by atoms with Crippen LogP contribution in [0.5, 0.6) is 0 Å². The lowest BCUT2D eigenvalue weighted by atomic mass is 10.1. The van der Waals surface area contributed by atoms with Gasteiger partial charge in [0, 0.05) is 31.0 Å². The first-order valence-corrected chi connectivity index (χ1v) is 7.69. The van der Waals surface area contributed by atoms with Crippen LogP contribution in [0, 0.1) is 6.92 Å². The summed E-state index contributed by atoms with van der Waals surface area (Å²) in [6.45, 7) is 6.34. The molecule has 0 fully saturated rings. The molecular formula is C11H21N3O2S. The summed E-state index contributed by atoms with van der Waals surface area (Å²) in [7, 11) is -3.09. The highest BCUT2D eigenvalue weighted by molar-refractivity contribution is 7.91. The molecule has 0 radical (unpaired) electrons. The van der Waals surface area contributed by atoms with Gasteiger partial charge in [0.1, 0.15) is 0 Å². The number of sulfone groups is 1. The lowest BCUT2D eigenvalue weighted by molar-refractivity contribution is 0.542. The molecule has 1 aromatic heterocycles. The largest absolute Gasteiger partial charge is 0.326 e. The second kappa shape index (κ2) is 5.18. The molecule has 0 aliphatic rings. The fourth-order valence-corrected chi connectivity index (χ4v) is 2.49. The van der Waals surface area contributed by atoms with E-state index >= 15 is 0 Å². The van der Waals surface area contributed by atoms with Gasteiger partial charge in [-0.05, 0) is 26.8 Å². The van der Waals surface area contributed by atoms with Crippen LogP contribution < -0.4 is 5.73 Å². The molecule has 0 bridgehead atoms. The average molecular weight is 259 g/mol. The van der Waals surface area contributed by atoms with Crippen molar-refractivity contribution >= 4 is 9.84 Å². The fourth-order valence-electron chi connectivity index (χ4n) is 1.76. The Bertz CT molecular complexity index is 479. The van der Waals surface area contributed by atoms with Crippen molar-refractivity contribution in [3.63, 3.8) is 0 Å². The average Bonchev–Trinajstić information content (AvgIpc) is 2.56. The zero-order valence-corrected chi connectivity index (χ0v) is 11.7. The molecule has 2 atom stereocenters. The van der Waals surface area contributed by atoms with Crippen LogP contribution >= 0.6 is 0 Å². The second-order valence-corrected chi connectivity index (χ2v) is 6.90. The molecule has 6 heteroatoms. The van der Waals surface area contributed by atoms with Crippen LogP contribution in [0.15, 0.2) is 6.07 Å². The Labute approximate surface area is 103 Å². The van der Waals surface area contributed by atoms with Crippen LogP contribution in [0.25, 0.3) is 0 Å². The van der Waals surface area contributed by atoms with Crippen molar-refractivity contribution < 1.29 is 8.42 Å². The van der Waals surface area contributed by atoms with Gasteiger partial charge in [0.2, 0.25) is 0 Å². The minimum Gasteiger partial charge on any atom is -0.326 e. The molecule has 1 aromatic rings. The molecule has 2 N–H and O–H groups in total. The topological polar surface area (TPSA) is 78.0 Å². The van der Waals surface area contributed by atoms with Crippen molar-refractivity contribution in [3.05, 3.63) is 17.5 Å². The minimum atomic E-state index is -3.09. The standard InChI is InChI=1S/C11H21N3O2S/c1-5-14-10(6-8(2)13-14)7-11(12)9(3)17(4,15)16/h6,9,11H,5,7,12H2,1-4H3. The van der Waals surface area contributed by atoms with Gasteiger partial charge in [-0.2, -0.15) is 5.10 Å². The highest BCUT2D eigenvalue weighted by Gasteiger charge is 2.24. The van der Waals surface area contributed by atoms with Crippen molar-refractivity contribution in [2.75, 3.05) is 6.26 Å². The molecule has 0 saturated heterocycles. The summed E-state index contributed by atoms with van der Waals surface area (Å²) < 4.78 is 24.7. The van der Waals surface area contributed by atoms with Crippen molar-refractivity contribution in [3.8, 4) is 0 Å². The van der Waals surface area contributed by atoms with Crippen molar-refractivity contribution in [2.24, 2.45) is 5.73 Å². The Morgan fingerprint density at radius 1 is 1.53 bits per heavy atom. The molecule has 0 aromatic carbocycles. The summed E-state index contributed by atoms with van der Waals surface area (Å²) in [5.41, 5.74) is 7.87. The molecule has 98 valence electrons. The van der Waals surface area contributed by atoms with Crippen LogP contribution in [-0.4, -0.2) is 35.7 Å². The summed E-state index contributed by atoms with van der Waals surface area (Å²) in [6, 6.07) is 1.56. The van der Waals surface area contributed by atoms with E-state index < -0.39 is 21.1 Å². The SMILES string of the molecule is CCn1nc(C)cc1CC(N)C(C)S(C)(=O)=O. The Hall–Kier alpha value is -0.880. The van der Waals surface area contributed by atoms with Gasteiger partial charge in [-0.1, -0.05) is 0 Å². The van der Waals surface area contributed by atoms with E-state index in [0.717, 1.165) is 17.9 Å². The summed E-state index contributed by atoms with van der Waals surface area (Å²) >= 11 is 0. The zero-order valence-electron chi connectivity index (χ0n) is 10.8. The second-order valence-electron chi connectivity index (χ2n) is 4.50. The van der Waals surface area contributed by atoms with E-state index in [0.29, 0.717) is 6.42 Å². The predicted octanol–water partition coefficient (Wildman–Crippen LogP) is 0.514. The van der Waals surface area contributed by atoms with Gasteiger partial charge in [-0.25, -0.2) is 8.42 Å². The number of aromatic nitrogens is 2. The molecule has 5 nitrogen and oxygen atoms in total. The fraction of sp³-hybridized carbons (Fsp3) is 0.727. The minimum absolute atomic E-state index is 0.397. The van der Waals surface area contributed by atoms with Gasteiger partial charge >= 0.3 is 0 Å². The van der Waals surface area contributed by atoms with E-state index in [-0.39, 0.29) is 0 Å². The van der Waals surface area contributed by atoms with E-state index in [9.17, 15) is 8.42 Å². The van der Waals surface area contributed by atoms with Crippen LogP contribution in [0.2, 0.25) is 0 Å². The lowest BCUT2D eigenvalue weighted by Gasteiger charge is -2.18. The van der Waals surface area contributed by atoms with E-state index in [4.69, 9.17) is 5.73 Å². The third kappa shape index (κ3) is 3.54. The quantitative estimate of drug-likeness (QED) is 0.836. The van der Waals surface area contributed by atoms with Crippen LogP contribution in [0.3, 0.4) is 0 Å². The van der Waals surface area contributed by atoms with E-state index in [1.54, 1.807) is 6.92 Å². The molecule has 1 rings (SSSR count). The normalized spacial score (nSPS) is 15.8. The summed E-state index contributed by atoms with van der Waals surface area (Å²) in [4.78, 5) is 0. The van der Waals surface area contributed by atoms with Gasteiger partial charge < -0.3 is 5.73 Å². The van der Waals surface area contributed by atoms with Gasteiger partial charge in [-0.3, -0.25) is 4.68 Å². The maximum atomic E-state index is 11.4. The Balaban J connectivity index is 2.84. The molecule has 0 aliphatic carbocycles. The molecule has 17 heavy (non-hydrogen) atoms. The Kier molecular flexibility index (Phi) is 4.32. The Morgan fingerprint density at radius 3 is 2.59 bits per heavy atom. The monoisotopic (exact) mass is 259 g/mol. The molecule has 0 spiro atoms. The van der Waals surface area contributed by atoms with Crippen LogP contribution in [-0.2, 0) is 22.8 Å². The van der Waals surface area contributed by atoms with Gasteiger partial charge in [0.25, 0.3) is 0 Å². The summed E-state index contributed by atoms with van der Waals surface area (Å²) in [5, 5.41) is 3.78. The summed E-state index contributed by atoms with van der Waals surface area (Å²) in [6.07, 6.45) is 1.75. The summed E-state index contributed by atoms with van der Waals surface area (Å²) in [5.74, 6) is 0. The molecule has 1 heterocycles.